The number of hydrogen-bond donors (Lipinski definition) is 0. The summed E-state index contributed by atoms with van der Waals surface area (Å²) in [7, 11) is 1.79. The third-order valence-corrected chi connectivity index (χ3v) is 7.53. The number of amides is 1. The first kappa shape index (κ1) is 13.9. The summed E-state index contributed by atoms with van der Waals surface area (Å²) in [5.41, 5.74) is 1.23. The van der Waals surface area contributed by atoms with E-state index in [9.17, 15) is 4.79 Å². The van der Waals surface area contributed by atoms with Gasteiger partial charge in [-0.15, -0.1) is 0 Å². The van der Waals surface area contributed by atoms with Crippen molar-refractivity contribution >= 4 is 61.9 Å². The first-order chi connectivity index (χ1) is 9.04. The SMILES string of the molecule is CN1C(=O)[C@]2(CSC[C@@H]2c2ccc(Br)cc2)SC1=S. The molecular formula is C13H12BrNOS3. The van der Waals surface area contributed by atoms with Crippen LogP contribution in [0.5, 0.6) is 0 Å². The molecule has 2 nitrogen and oxygen atoms in total. The maximum absolute atomic E-state index is 12.6. The van der Waals surface area contributed by atoms with Crippen molar-refractivity contribution in [2.24, 2.45) is 0 Å². The topological polar surface area (TPSA) is 20.3 Å². The van der Waals surface area contributed by atoms with Gasteiger partial charge in [-0.25, -0.2) is 0 Å². The van der Waals surface area contributed by atoms with Gasteiger partial charge in [0.1, 0.15) is 9.07 Å². The zero-order valence-electron chi connectivity index (χ0n) is 10.3. The van der Waals surface area contributed by atoms with Crippen LogP contribution in [-0.4, -0.2) is 38.4 Å². The molecule has 0 unspecified atom stereocenters. The Bertz CT molecular complexity index is 547. The molecule has 2 fully saturated rings. The third-order valence-electron chi connectivity index (χ3n) is 3.65. The maximum atomic E-state index is 12.6. The second kappa shape index (κ2) is 5.06. The van der Waals surface area contributed by atoms with Gasteiger partial charge in [-0.2, -0.15) is 11.8 Å². The van der Waals surface area contributed by atoms with E-state index in [1.165, 1.54) is 5.56 Å². The van der Waals surface area contributed by atoms with Crippen molar-refractivity contribution in [3.63, 3.8) is 0 Å². The minimum absolute atomic E-state index is 0.167. The Morgan fingerprint density at radius 1 is 1.42 bits per heavy atom. The molecule has 1 spiro atoms. The molecule has 2 heterocycles. The molecule has 1 aromatic rings. The average Bonchev–Trinajstić information content (AvgIpc) is 2.90. The molecule has 19 heavy (non-hydrogen) atoms. The molecule has 0 aromatic heterocycles. The first-order valence-electron chi connectivity index (χ1n) is 5.89. The summed E-state index contributed by atoms with van der Waals surface area (Å²) < 4.78 is 1.38. The molecule has 1 amide bonds. The predicted molar refractivity (Wildman–Crippen MR) is 89.9 cm³/mol. The summed E-state index contributed by atoms with van der Waals surface area (Å²) >= 11 is 12.2. The summed E-state index contributed by atoms with van der Waals surface area (Å²) in [6.45, 7) is 0. The van der Waals surface area contributed by atoms with Gasteiger partial charge in [-0.05, 0) is 17.7 Å². The van der Waals surface area contributed by atoms with Gasteiger partial charge in [-0.1, -0.05) is 52.0 Å². The molecule has 0 radical (unpaired) electrons. The Labute approximate surface area is 134 Å². The highest BCUT2D eigenvalue weighted by Crippen LogP contribution is 2.54. The van der Waals surface area contributed by atoms with Crippen molar-refractivity contribution in [1.29, 1.82) is 0 Å². The lowest BCUT2D eigenvalue weighted by Gasteiger charge is -2.26. The fraction of sp³-hybridized carbons (Fsp3) is 0.385. The van der Waals surface area contributed by atoms with Gasteiger partial charge in [0.05, 0.1) is 0 Å². The predicted octanol–water partition coefficient (Wildman–Crippen LogP) is 3.51. The number of thioether (sulfide) groups is 2. The molecule has 2 atom stereocenters. The van der Waals surface area contributed by atoms with Gasteiger partial charge in [0.15, 0.2) is 0 Å². The highest BCUT2D eigenvalue weighted by molar-refractivity contribution is 9.10. The van der Waals surface area contributed by atoms with Crippen LogP contribution in [0.3, 0.4) is 0 Å². The van der Waals surface area contributed by atoms with E-state index in [1.54, 1.807) is 23.7 Å². The van der Waals surface area contributed by atoms with E-state index in [2.05, 4.69) is 28.1 Å². The van der Waals surface area contributed by atoms with Crippen LogP contribution in [0.2, 0.25) is 0 Å². The molecule has 0 aliphatic carbocycles. The fourth-order valence-electron chi connectivity index (χ4n) is 2.57. The van der Waals surface area contributed by atoms with Crippen LogP contribution in [-0.2, 0) is 4.79 Å². The Hall–Kier alpha value is -0.0400. The number of nitrogens with zero attached hydrogens (tertiary/aromatic N) is 1. The summed E-state index contributed by atoms with van der Waals surface area (Å²) in [6.07, 6.45) is 0. The van der Waals surface area contributed by atoms with Crippen molar-refractivity contribution in [2.45, 2.75) is 10.7 Å². The van der Waals surface area contributed by atoms with Crippen molar-refractivity contribution < 1.29 is 4.79 Å². The van der Waals surface area contributed by atoms with Crippen LogP contribution in [0, 0.1) is 0 Å². The first-order valence-corrected chi connectivity index (χ1v) is 9.06. The van der Waals surface area contributed by atoms with E-state index in [4.69, 9.17) is 12.2 Å². The summed E-state index contributed by atoms with van der Waals surface area (Å²) in [4.78, 5) is 14.2. The lowest BCUT2D eigenvalue weighted by atomic mass is 9.87. The second-order valence-corrected chi connectivity index (χ2v) is 8.65. The standard InChI is InChI=1S/C13H12BrNOS3/c1-15-11(16)13(19-12(15)17)7-18-6-10(13)8-2-4-9(14)5-3-8/h2-5,10H,6-7H2,1H3/t10-,13-/m1/s1. The average molecular weight is 374 g/mol. The number of benzene rings is 1. The van der Waals surface area contributed by atoms with Crippen LogP contribution in [0.15, 0.2) is 28.7 Å². The van der Waals surface area contributed by atoms with Gasteiger partial charge in [0, 0.05) is 28.9 Å². The number of rotatable bonds is 1. The largest absolute Gasteiger partial charge is 0.300 e. The van der Waals surface area contributed by atoms with Crippen molar-refractivity contribution in [2.75, 3.05) is 18.6 Å². The fourth-order valence-corrected chi connectivity index (χ4v) is 6.53. The molecule has 0 saturated carbocycles. The lowest BCUT2D eigenvalue weighted by molar-refractivity contribution is -0.127. The van der Waals surface area contributed by atoms with Gasteiger partial charge in [0.25, 0.3) is 0 Å². The van der Waals surface area contributed by atoms with E-state index < -0.39 is 0 Å². The summed E-state index contributed by atoms with van der Waals surface area (Å²) in [5.74, 6) is 2.24. The molecule has 1 aromatic carbocycles. The summed E-state index contributed by atoms with van der Waals surface area (Å²) in [5, 5.41) is 0. The van der Waals surface area contributed by atoms with Crippen LogP contribution < -0.4 is 0 Å². The monoisotopic (exact) mass is 373 g/mol. The zero-order valence-corrected chi connectivity index (χ0v) is 14.3. The van der Waals surface area contributed by atoms with Gasteiger partial charge in [-0.3, -0.25) is 9.69 Å². The molecule has 2 aliphatic rings. The van der Waals surface area contributed by atoms with E-state index in [-0.39, 0.29) is 16.6 Å². The van der Waals surface area contributed by atoms with E-state index in [1.807, 2.05) is 23.9 Å². The maximum Gasteiger partial charge on any atom is 0.245 e. The van der Waals surface area contributed by atoms with Gasteiger partial charge < -0.3 is 0 Å². The highest BCUT2D eigenvalue weighted by Gasteiger charge is 2.57. The second-order valence-electron chi connectivity index (χ2n) is 4.74. The molecule has 2 aliphatic heterocycles. The molecule has 2 saturated heterocycles. The van der Waals surface area contributed by atoms with Crippen molar-refractivity contribution in [3.05, 3.63) is 34.3 Å². The lowest BCUT2D eigenvalue weighted by Crippen LogP contribution is -2.42. The van der Waals surface area contributed by atoms with Gasteiger partial charge in [0.2, 0.25) is 5.91 Å². The molecule has 0 bridgehead atoms. The number of carbonyl (C=O) groups excluding carboxylic acids is 1. The Kier molecular flexibility index (Phi) is 3.71. The highest BCUT2D eigenvalue weighted by atomic mass is 79.9. The van der Waals surface area contributed by atoms with Gasteiger partial charge >= 0.3 is 0 Å². The van der Waals surface area contributed by atoms with Crippen LogP contribution in [0.25, 0.3) is 0 Å². The Balaban J connectivity index is 2.00. The van der Waals surface area contributed by atoms with Crippen LogP contribution in [0.4, 0.5) is 0 Å². The minimum Gasteiger partial charge on any atom is -0.300 e. The Morgan fingerprint density at radius 2 is 2.11 bits per heavy atom. The van der Waals surface area contributed by atoms with Crippen LogP contribution in [0.1, 0.15) is 11.5 Å². The molecule has 6 heteroatoms. The quantitative estimate of drug-likeness (QED) is 0.701. The molecule has 0 N–H and O–H groups in total. The normalized spacial score (nSPS) is 30.6. The number of halogens is 1. The molecular weight excluding hydrogens is 362 g/mol. The van der Waals surface area contributed by atoms with Crippen LogP contribution >= 0.6 is 51.7 Å². The smallest absolute Gasteiger partial charge is 0.245 e. The van der Waals surface area contributed by atoms with E-state index >= 15 is 0 Å². The number of hydrogen-bond acceptors (Lipinski definition) is 4. The molecule has 100 valence electrons. The van der Waals surface area contributed by atoms with E-state index in [0.29, 0.717) is 4.32 Å². The van der Waals surface area contributed by atoms with E-state index in [0.717, 1.165) is 16.0 Å². The Morgan fingerprint density at radius 3 is 2.68 bits per heavy atom. The number of thiocarbonyl (C=S) groups is 1. The van der Waals surface area contributed by atoms with Crippen molar-refractivity contribution in [3.8, 4) is 0 Å². The zero-order chi connectivity index (χ0) is 13.6. The van der Waals surface area contributed by atoms with Crippen molar-refractivity contribution in [1.82, 2.24) is 4.90 Å². The minimum atomic E-state index is -0.385. The third kappa shape index (κ3) is 2.17. The summed E-state index contributed by atoms with van der Waals surface area (Å²) in [6, 6.07) is 8.30. The molecule has 3 rings (SSSR count). The number of carbonyl (C=O) groups is 1.